The topological polar surface area (TPSA) is 12.4 Å². The summed E-state index contributed by atoms with van der Waals surface area (Å²) in [5.74, 6) is 0. The highest BCUT2D eigenvalue weighted by Gasteiger charge is 2.22. The van der Waals surface area contributed by atoms with Gasteiger partial charge in [0.05, 0.1) is 0 Å². The summed E-state index contributed by atoms with van der Waals surface area (Å²) >= 11 is 0. The second kappa shape index (κ2) is 3.75. The summed E-state index contributed by atoms with van der Waals surface area (Å²) in [7, 11) is 1.87. The van der Waals surface area contributed by atoms with Crippen molar-refractivity contribution in [1.29, 1.82) is 0 Å². The van der Waals surface area contributed by atoms with E-state index in [4.69, 9.17) is 0 Å². The molecule has 0 radical (unpaired) electrons. The van der Waals surface area contributed by atoms with Gasteiger partial charge in [-0.25, -0.2) is 0 Å². The Morgan fingerprint density at radius 2 is 1.70 bits per heavy atom. The van der Waals surface area contributed by atoms with Gasteiger partial charge >= 0.3 is 0 Å². The second-order valence-electron chi connectivity index (χ2n) is 3.08. The smallest absolute Gasteiger partial charge is 0.0276 e. The van der Waals surface area contributed by atoms with Crippen molar-refractivity contribution in [2.24, 2.45) is 10.4 Å². The maximum absolute atomic E-state index is 4.22. The molecular formula is C9H19N. The molecule has 1 nitrogen and oxygen atoms in total. The van der Waals surface area contributed by atoms with E-state index in [0.717, 1.165) is 0 Å². The minimum absolute atomic E-state index is 0.342. The third kappa shape index (κ3) is 1.83. The van der Waals surface area contributed by atoms with Gasteiger partial charge in [-0.05, 0) is 19.8 Å². The Kier molecular flexibility index (Phi) is 3.62. The first-order valence-corrected chi connectivity index (χ1v) is 4.04. The van der Waals surface area contributed by atoms with Gasteiger partial charge in [0.2, 0.25) is 0 Å². The molecule has 1 heteroatoms. The van der Waals surface area contributed by atoms with E-state index in [2.05, 4.69) is 32.7 Å². The van der Waals surface area contributed by atoms with Gasteiger partial charge in [0.1, 0.15) is 0 Å². The van der Waals surface area contributed by atoms with E-state index in [1.165, 1.54) is 18.6 Å². The standard InChI is InChI=1S/C9H19N/c1-6-9(4,7-2)8(3)10-5/h6-7H2,1-5H3. The van der Waals surface area contributed by atoms with Crippen LogP contribution in [-0.2, 0) is 0 Å². The normalized spacial score (nSPS) is 13.9. The van der Waals surface area contributed by atoms with Crippen molar-refractivity contribution >= 4 is 5.71 Å². The van der Waals surface area contributed by atoms with Crippen molar-refractivity contribution in [2.45, 2.75) is 40.5 Å². The number of hydrogen-bond donors (Lipinski definition) is 0. The molecule has 0 rings (SSSR count). The molecule has 0 saturated heterocycles. The van der Waals surface area contributed by atoms with Crippen molar-refractivity contribution in [3.05, 3.63) is 0 Å². The molecule has 0 aliphatic heterocycles. The fourth-order valence-electron chi connectivity index (χ4n) is 1.03. The molecule has 0 N–H and O–H groups in total. The zero-order valence-corrected chi connectivity index (χ0v) is 7.86. The zero-order chi connectivity index (χ0) is 8.20. The third-order valence-corrected chi connectivity index (χ3v) is 2.77. The minimum atomic E-state index is 0.342. The van der Waals surface area contributed by atoms with Gasteiger partial charge in [0.25, 0.3) is 0 Å². The lowest BCUT2D eigenvalue weighted by atomic mass is 9.80. The Labute approximate surface area is 64.6 Å². The number of nitrogens with zero attached hydrogens (tertiary/aromatic N) is 1. The zero-order valence-electron chi connectivity index (χ0n) is 7.86. The van der Waals surface area contributed by atoms with Gasteiger partial charge in [-0.1, -0.05) is 20.8 Å². The predicted octanol–water partition coefficient (Wildman–Crippen LogP) is 2.90. The molecule has 0 amide bonds. The van der Waals surface area contributed by atoms with E-state index in [1.54, 1.807) is 0 Å². The quantitative estimate of drug-likeness (QED) is 0.536. The maximum Gasteiger partial charge on any atom is 0.0276 e. The van der Waals surface area contributed by atoms with Crippen LogP contribution in [0.3, 0.4) is 0 Å². The van der Waals surface area contributed by atoms with Gasteiger partial charge in [-0.15, -0.1) is 0 Å². The van der Waals surface area contributed by atoms with E-state index >= 15 is 0 Å². The molecule has 0 spiro atoms. The van der Waals surface area contributed by atoms with Crippen LogP contribution in [0.25, 0.3) is 0 Å². The summed E-state index contributed by atoms with van der Waals surface area (Å²) in [5, 5.41) is 0. The summed E-state index contributed by atoms with van der Waals surface area (Å²) in [6.45, 7) is 8.83. The van der Waals surface area contributed by atoms with Gasteiger partial charge in [0, 0.05) is 18.2 Å². The fourth-order valence-corrected chi connectivity index (χ4v) is 1.03. The minimum Gasteiger partial charge on any atom is -0.297 e. The lowest BCUT2D eigenvalue weighted by molar-refractivity contribution is 0.430. The van der Waals surface area contributed by atoms with E-state index in [1.807, 2.05) is 7.05 Å². The molecular weight excluding hydrogens is 122 g/mol. The van der Waals surface area contributed by atoms with E-state index < -0.39 is 0 Å². The van der Waals surface area contributed by atoms with Crippen LogP contribution >= 0.6 is 0 Å². The molecule has 0 aromatic rings. The number of aliphatic imine (C=N–C) groups is 1. The van der Waals surface area contributed by atoms with E-state index in [9.17, 15) is 0 Å². The van der Waals surface area contributed by atoms with Crippen LogP contribution < -0.4 is 0 Å². The maximum atomic E-state index is 4.22. The molecule has 0 aliphatic carbocycles. The van der Waals surface area contributed by atoms with Crippen molar-refractivity contribution in [3.8, 4) is 0 Å². The van der Waals surface area contributed by atoms with E-state index in [-0.39, 0.29) is 0 Å². The van der Waals surface area contributed by atoms with Gasteiger partial charge < -0.3 is 0 Å². The number of hydrogen-bond acceptors (Lipinski definition) is 1. The monoisotopic (exact) mass is 141 g/mol. The summed E-state index contributed by atoms with van der Waals surface area (Å²) in [6.07, 6.45) is 2.37. The van der Waals surface area contributed by atoms with Crippen LogP contribution in [-0.4, -0.2) is 12.8 Å². The van der Waals surface area contributed by atoms with Gasteiger partial charge in [-0.3, -0.25) is 4.99 Å². The molecule has 0 fully saturated rings. The molecule has 0 bridgehead atoms. The number of rotatable bonds is 3. The van der Waals surface area contributed by atoms with Crippen LogP contribution in [0.5, 0.6) is 0 Å². The Hall–Kier alpha value is -0.330. The Bertz CT molecular complexity index is 121. The lowest BCUT2D eigenvalue weighted by Gasteiger charge is -2.26. The van der Waals surface area contributed by atoms with Crippen molar-refractivity contribution in [3.63, 3.8) is 0 Å². The lowest BCUT2D eigenvalue weighted by Crippen LogP contribution is -2.23. The molecule has 0 atom stereocenters. The highest BCUT2D eigenvalue weighted by Crippen LogP contribution is 2.26. The molecule has 60 valence electrons. The molecule has 10 heavy (non-hydrogen) atoms. The molecule has 0 aromatic carbocycles. The Morgan fingerprint density at radius 1 is 1.30 bits per heavy atom. The van der Waals surface area contributed by atoms with E-state index in [0.29, 0.717) is 5.41 Å². The molecule has 0 aliphatic rings. The predicted molar refractivity (Wildman–Crippen MR) is 47.7 cm³/mol. The summed E-state index contributed by atoms with van der Waals surface area (Å²) in [4.78, 5) is 4.22. The first kappa shape index (κ1) is 9.67. The van der Waals surface area contributed by atoms with Gasteiger partial charge in [-0.2, -0.15) is 0 Å². The van der Waals surface area contributed by atoms with Crippen molar-refractivity contribution < 1.29 is 0 Å². The highest BCUT2D eigenvalue weighted by atomic mass is 14.7. The largest absolute Gasteiger partial charge is 0.297 e. The van der Waals surface area contributed by atoms with Gasteiger partial charge in [0.15, 0.2) is 0 Å². The fraction of sp³-hybridized carbons (Fsp3) is 0.889. The first-order chi connectivity index (χ1) is 4.60. The molecule has 0 unspecified atom stereocenters. The van der Waals surface area contributed by atoms with Crippen LogP contribution in [0.2, 0.25) is 0 Å². The third-order valence-electron chi connectivity index (χ3n) is 2.77. The molecule has 0 aromatic heterocycles. The SMILES string of the molecule is CCC(C)(CC)C(C)=NC. The summed E-state index contributed by atoms with van der Waals surface area (Å²) in [5.41, 5.74) is 1.62. The molecule has 0 saturated carbocycles. The average molecular weight is 141 g/mol. The highest BCUT2D eigenvalue weighted by molar-refractivity contribution is 5.87. The van der Waals surface area contributed by atoms with Crippen LogP contribution in [0.15, 0.2) is 4.99 Å². The summed E-state index contributed by atoms with van der Waals surface area (Å²) < 4.78 is 0. The van der Waals surface area contributed by atoms with Crippen LogP contribution in [0, 0.1) is 5.41 Å². The average Bonchev–Trinajstić information content (AvgIpc) is 2.01. The molecule has 0 heterocycles. The van der Waals surface area contributed by atoms with Crippen molar-refractivity contribution in [1.82, 2.24) is 0 Å². The Balaban J connectivity index is 4.32. The van der Waals surface area contributed by atoms with Crippen LogP contribution in [0.4, 0.5) is 0 Å². The van der Waals surface area contributed by atoms with Crippen molar-refractivity contribution in [2.75, 3.05) is 7.05 Å². The van der Waals surface area contributed by atoms with Crippen LogP contribution in [0.1, 0.15) is 40.5 Å². The Morgan fingerprint density at radius 3 is 1.80 bits per heavy atom. The second-order valence-corrected chi connectivity index (χ2v) is 3.08. The summed E-state index contributed by atoms with van der Waals surface area (Å²) in [6, 6.07) is 0. The first-order valence-electron chi connectivity index (χ1n) is 4.04.